The zero-order chi connectivity index (χ0) is 15.8. The summed E-state index contributed by atoms with van der Waals surface area (Å²) in [6, 6.07) is 7.20. The molecule has 2 atom stereocenters. The molecular formula is C19H16O4. The summed E-state index contributed by atoms with van der Waals surface area (Å²) in [5, 5.41) is 0. The van der Waals surface area contributed by atoms with Crippen LogP contribution in [0.1, 0.15) is 30.8 Å². The number of carbonyl (C=O) groups is 2. The molecule has 2 aliphatic carbocycles. The summed E-state index contributed by atoms with van der Waals surface area (Å²) in [4.78, 5) is 25.3. The number of fused-ring (bicyclic) bond motifs is 2. The number of allylic oxidation sites excluding steroid dienone is 2. The first kappa shape index (κ1) is 14.0. The summed E-state index contributed by atoms with van der Waals surface area (Å²) in [7, 11) is 0. The fourth-order valence-electron chi connectivity index (χ4n) is 3.52. The molecule has 0 aliphatic heterocycles. The first-order chi connectivity index (χ1) is 11.2. The van der Waals surface area contributed by atoms with Crippen molar-refractivity contribution in [2.45, 2.75) is 19.3 Å². The second kappa shape index (κ2) is 5.54. The molecule has 23 heavy (non-hydrogen) atoms. The highest BCUT2D eigenvalue weighted by Crippen LogP contribution is 2.41. The predicted octanol–water partition coefficient (Wildman–Crippen LogP) is 3.91. The van der Waals surface area contributed by atoms with Crippen LogP contribution in [0.4, 0.5) is 0 Å². The molecule has 4 nitrogen and oxygen atoms in total. The molecule has 2 aliphatic rings. The Kier molecular flexibility index (Phi) is 3.37. The Hall–Kier alpha value is -2.62. The van der Waals surface area contributed by atoms with Crippen molar-refractivity contribution >= 4 is 23.7 Å². The molecule has 2 unspecified atom stereocenters. The first-order valence-electron chi connectivity index (χ1n) is 7.77. The third kappa shape index (κ3) is 2.61. The van der Waals surface area contributed by atoms with Crippen molar-refractivity contribution in [2.24, 2.45) is 11.8 Å². The van der Waals surface area contributed by atoms with E-state index in [0.717, 1.165) is 0 Å². The lowest BCUT2D eigenvalue weighted by atomic mass is 9.67. The molecule has 4 heteroatoms. The minimum atomic E-state index is -0.117. The third-order valence-electron chi connectivity index (χ3n) is 4.60. The minimum absolute atomic E-state index is 0.117. The second-order valence-corrected chi connectivity index (χ2v) is 6.14. The number of carbonyl (C=O) groups excluding carboxylic acids is 2. The molecule has 0 spiro atoms. The maximum Gasteiger partial charge on any atom is 0.162 e. The molecule has 2 aromatic heterocycles. The summed E-state index contributed by atoms with van der Waals surface area (Å²) in [6.45, 7) is 0. The Morgan fingerprint density at radius 1 is 0.826 bits per heavy atom. The van der Waals surface area contributed by atoms with Gasteiger partial charge in [0.1, 0.15) is 11.5 Å². The molecule has 2 heterocycles. The van der Waals surface area contributed by atoms with Gasteiger partial charge in [0.05, 0.1) is 12.5 Å². The lowest BCUT2D eigenvalue weighted by Crippen LogP contribution is -2.37. The van der Waals surface area contributed by atoms with Gasteiger partial charge in [-0.2, -0.15) is 0 Å². The lowest BCUT2D eigenvalue weighted by Gasteiger charge is -2.34. The van der Waals surface area contributed by atoms with Crippen molar-refractivity contribution < 1.29 is 18.4 Å². The zero-order valence-electron chi connectivity index (χ0n) is 12.5. The van der Waals surface area contributed by atoms with Gasteiger partial charge in [0.25, 0.3) is 0 Å². The van der Waals surface area contributed by atoms with E-state index in [0.29, 0.717) is 41.9 Å². The van der Waals surface area contributed by atoms with Crippen LogP contribution < -0.4 is 0 Å². The second-order valence-electron chi connectivity index (χ2n) is 6.14. The van der Waals surface area contributed by atoms with Crippen molar-refractivity contribution in [2.75, 3.05) is 0 Å². The van der Waals surface area contributed by atoms with Crippen LogP contribution in [0.15, 0.2) is 56.8 Å². The summed E-state index contributed by atoms with van der Waals surface area (Å²) in [5.74, 6) is 1.35. The van der Waals surface area contributed by atoms with E-state index in [2.05, 4.69) is 0 Å². The molecule has 0 saturated heterocycles. The minimum Gasteiger partial charge on any atom is -0.465 e. The maximum atomic E-state index is 12.6. The number of hydrogen-bond donors (Lipinski definition) is 0. The molecule has 2 fully saturated rings. The summed E-state index contributed by atoms with van der Waals surface area (Å²) >= 11 is 0. The van der Waals surface area contributed by atoms with Crippen LogP contribution in [-0.2, 0) is 9.59 Å². The van der Waals surface area contributed by atoms with Crippen LogP contribution in [0.25, 0.3) is 12.2 Å². The monoisotopic (exact) mass is 308 g/mol. The van der Waals surface area contributed by atoms with E-state index >= 15 is 0 Å². The fourth-order valence-corrected chi connectivity index (χ4v) is 3.52. The largest absolute Gasteiger partial charge is 0.465 e. The highest BCUT2D eigenvalue weighted by atomic mass is 16.3. The Morgan fingerprint density at radius 3 is 1.70 bits per heavy atom. The molecule has 0 aromatic carbocycles. The molecule has 4 rings (SSSR count). The highest BCUT2D eigenvalue weighted by Gasteiger charge is 2.41. The Bertz CT molecular complexity index is 722. The summed E-state index contributed by atoms with van der Waals surface area (Å²) in [5.41, 5.74) is 1.40. The fraction of sp³-hybridized carbons (Fsp3) is 0.263. The van der Waals surface area contributed by atoms with E-state index in [1.54, 1.807) is 36.8 Å². The first-order valence-corrected chi connectivity index (χ1v) is 7.77. The van der Waals surface area contributed by atoms with E-state index in [9.17, 15) is 9.59 Å². The average molecular weight is 308 g/mol. The molecule has 0 amide bonds. The van der Waals surface area contributed by atoms with Crippen molar-refractivity contribution in [3.05, 3.63) is 59.5 Å². The third-order valence-corrected chi connectivity index (χ3v) is 4.60. The summed E-state index contributed by atoms with van der Waals surface area (Å²) in [6.07, 6.45) is 8.34. The lowest BCUT2D eigenvalue weighted by molar-refractivity contribution is -0.127. The molecule has 2 aromatic rings. The van der Waals surface area contributed by atoms with Crippen LogP contribution in [0, 0.1) is 11.8 Å². The van der Waals surface area contributed by atoms with Crippen molar-refractivity contribution in [3.8, 4) is 0 Å². The van der Waals surface area contributed by atoms with E-state index in [1.165, 1.54) is 0 Å². The van der Waals surface area contributed by atoms with Gasteiger partial charge in [-0.05, 0) is 66.8 Å². The number of furan rings is 2. The van der Waals surface area contributed by atoms with E-state index in [1.807, 2.05) is 12.1 Å². The number of hydrogen-bond acceptors (Lipinski definition) is 4. The normalized spacial score (nSPS) is 27.8. The van der Waals surface area contributed by atoms with Gasteiger partial charge in [-0.15, -0.1) is 0 Å². The van der Waals surface area contributed by atoms with Crippen LogP contribution in [-0.4, -0.2) is 11.6 Å². The van der Waals surface area contributed by atoms with Crippen LogP contribution in [0.3, 0.4) is 0 Å². The highest BCUT2D eigenvalue weighted by molar-refractivity contribution is 6.09. The van der Waals surface area contributed by atoms with Gasteiger partial charge >= 0.3 is 0 Å². The topological polar surface area (TPSA) is 60.4 Å². The van der Waals surface area contributed by atoms with Gasteiger partial charge in [0.2, 0.25) is 0 Å². The van der Waals surface area contributed by atoms with Crippen LogP contribution in [0.5, 0.6) is 0 Å². The Labute approximate surface area is 133 Å². The van der Waals surface area contributed by atoms with Gasteiger partial charge in [-0.3, -0.25) is 9.59 Å². The van der Waals surface area contributed by atoms with Gasteiger partial charge in [-0.25, -0.2) is 0 Å². The quantitative estimate of drug-likeness (QED) is 0.789. The van der Waals surface area contributed by atoms with Gasteiger partial charge in [0.15, 0.2) is 11.6 Å². The molecule has 2 bridgehead atoms. The van der Waals surface area contributed by atoms with Crippen molar-refractivity contribution in [1.82, 2.24) is 0 Å². The van der Waals surface area contributed by atoms with Gasteiger partial charge < -0.3 is 8.83 Å². The average Bonchev–Trinajstić information content (AvgIpc) is 3.22. The van der Waals surface area contributed by atoms with Gasteiger partial charge in [-0.1, -0.05) is 0 Å². The standard InChI is InChI=1S/C19H16O4/c20-18-13-7-12(8-14(18)10-16-3-1-5-22-16)19(21)15(9-13)11-17-4-2-6-23-17/h1-6,10-13H,7-9H2/b14-10+,15-11+. The van der Waals surface area contributed by atoms with Crippen LogP contribution in [0.2, 0.25) is 0 Å². The zero-order valence-corrected chi connectivity index (χ0v) is 12.5. The number of rotatable bonds is 2. The molecule has 0 N–H and O–H groups in total. The predicted molar refractivity (Wildman–Crippen MR) is 84.2 cm³/mol. The van der Waals surface area contributed by atoms with Crippen LogP contribution >= 0.6 is 0 Å². The SMILES string of the molecule is O=C1/C(=C/c2ccco2)CC2CC1C/C(=C\c1ccco1)C2=O. The molecular weight excluding hydrogens is 292 g/mol. The number of ketones is 2. The molecule has 116 valence electrons. The smallest absolute Gasteiger partial charge is 0.162 e. The summed E-state index contributed by atoms with van der Waals surface area (Å²) < 4.78 is 10.6. The van der Waals surface area contributed by atoms with Crippen molar-refractivity contribution in [1.29, 1.82) is 0 Å². The number of Topliss-reactive ketones (excluding diaryl/α,β-unsaturated/α-hetero) is 2. The molecule has 2 saturated carbocycles. The van der Waals surface area contributed by atoms with E-state index < -0.39 is 0 Å². The van der Waals surface area contributed by atoms with E-state index in [-0.39, 0.29) is 23.4 Å². The maximum absolute atomic E-state index is 12.6. The Morgan fingerprint density at radius 2 is 1.30 bits per heavy atom. The van der Waals surface area contributed by atoms with Crippen molar-refractivity contribution in [3.63, 3.8) is 0 Å². The van der Waals surface area contributed by atoms with Gasteiger partial charge in [0, 0.05) is 11.8 Å². The molecule has 0 radical (unpaired) electrons. The Balaban J connectivity index is 1.63. The van der Waals surface area contributed by atoms with E-state index in [4.69, 9.17) is 8.83 Å².